The molecule has 2 aromatic rings. The summed E-state index contributed by atoms with van der Waals surface area (Å²) in [4.78, 5) is 6.84. The monoisotopic (exact) mass is 331 g/mol. The Bertz CT molecular complexity index is 613. The molecule has 1 fully saturated rings. The quantitative estimate of drug-likeness (QED) is 0.911. The Hall–Kier alpha value is -1.55. The van der Waals surface area contributed by atoms with Gasteiger partial charge in [-0.3, -0.25) is 0 Å². The number of nitrogen functional groups attached to an aromatic ring is 1. The molecule has 1 unspecified atom stereocenters. The fourth-order valence-electron chi connectivity index (χ4n) is 2.75. The van der Waals surface area contributed by atoms with E-state index in [1.54, 1.807) is 6.20 Å². The molecule has 3 nitrogen and oxygen atoms in total. The van der Waals surface area contributed by atoms with E-state index < -0.39 is 0 Å². The van der Waals surface area contributed by atoms with E-state index in [0.29, 0.717) is 5.92 Å². The Morgan fingerprint density at radius 1 is 1.30 bits per heavy atom. The van der Waals surface area contributed by atoms with Crippen LogP contribution in [0.5, 0.6) is 0 Å². The minimum atomic E-state index is 0.586. The van der Waals surface area contributed by atoms with Crippen molar-refractivity contribution in [3.8, 4) is 0 Å². The van der Waals surface area contributed by atoms with Gasteiger partial charge in [0.05, 0.1) is 16.4 Å². The summed E-state index contributed by atoms with van der Waals surface area (Å²) in [5.41, 5.74) is 9.11. The zero-order chi connectivity index (χ0) is 14.1. The number of rotatable bonds is 2. The molecule has 2 heterocycles. The van der Waals surface area contributed by atoms with Gasteiger partial charge in [0.1, 0.15) is 5.82 Å². The first-order chi connectivity index (χ1) is 9.66. The van der Waals surface area contributed by atoms with Crippen molar-refractivity contribution in [3.05, 3.63) is 52.1 Å². The largest absolute Gasteiger partial charge is 0.397 e. The summed E-state index contributed by atoms with van der Waals surface area (Å²) in [6.07, 6.45) is 2.92. The molecule has 1 aliphatic rings. The molecule has 104 valence electrons. The summed E-state index contributed by atoms with van der Waals surface area (Å²) in [6.45, 7) is 4.07. The smallest absolute Gasteiger partial charge is 0.143 e. The summed E-state index contributed by atoms with van der Waals surface area (Å²) in [7, 11) is 0. The molecule has 1 aromatic carbocycles. The van der Waals surface area contributed by atoms with Crippen LogP contribution in [-0.2, 0) is 0 Å². The van der Waals surface area contributed by atoms with Crippen molar-refractivity contribution in [2.75, 3.05) is 23.7 Å². The van der Waals surface area contributed by atoms with E-state index in [9.17, 15) is 0 Å². The summed E-state index contributed by atoms with van der Waals surface area (Å²) in [5, 5.41) is 0. The zero-order valence-electron chi connectivity index (χ0n) is 11.5. The highest BCUT2D eigenvalue weighted by molar-refractivity contribution is 9.10. The lowest BCUT2D eigenvalue weighted by Crippen LogP contribution is -2.21. The number of aromatic nitrogens is 1. The highest BCUT2D eigenvalue weighted by Gasteiger charge is 2.26. The first-order valence-corrected chi connectivity index (χ1v) is 7.66. The van der Waals surface area contributed by atoms with Gasteiger partial charge in [0.2, 0.25) is 0 Å². The summed E-state index contributed by atoms with van der Waals surface area (Å²) in [5.74, 6) is 1.60. The second kappa shape index (κ2) is 5.44. The van der Waals surface area contributed by atoms with Crippen molar-refractivity contribution < 1.29 is 0 Å². The van der Waals surface area contributed by atoms with Crippen LogP contribution in [0.2, 0.25) is 0 Å². The molecule has 1 aliphatic heterocycles. The molecule has 0 amide bonds. The van der Waals surface area contributed by atoms with Gasteiger partial charge in [0.15, 0.2) is 0 Å². The lowest BCUT2D eigenvalue weighted by molar-refractivity contribution is 0.774. The molecule has 1 atom stereocenters. The average Bonchev–Trinajstić information content (AvgIpc) is 2.95. The molecular weight excluding hydrogens is 314 g/mol. The lowest BCUT2D eigenvalue weighted by atomic mass is 9.99. The van der Waals surface area contributed by atoms with Crippen molar-refractivity contribution in [3.63, 3.8) is 0 Å². The average molecular weight is 332 g/mol. The molecule has 2 N–H and O–H groups in total. The summed E-state index contributed by atoms with van der Waals surface area (Å²) < 4.78 is 1.02. The lowest BCUT2D eigenvalue weighted by Gasteiger charge is -2.20. The van der Waals surface area contributed by atoms with E-state index >= 15 is 0 Å². The number of anilines is 2. The van der Waals surface area contributed by atoms with Gasteiger partial charge in [-0.25, -0.2) is 4.98 Å². The van der Waals surface area contributed by atoms with Gasteiger partial charge in [-0.1, -0.05) is 30.3 Å². The van der Waals surface area contributed by atoms with E-state index in [1.807, 2.05) is 6.92 Å². The molecule has 0 radical (unpaired) electrons. The second-order valence-electron chi connectivity index (χ2n) is 5.32. The van der Waals surface area contributed by atoms with Crippen LogP contribution in [0.1, 0.15) is 23.5 Å². The standard InChI is InChI=1S/C16H18BrN3/c1-11-14(18)9-19-16(15(11)17)20-8-7-13(10-20)12-5-3-2-4-6-12/h2-6,9,13H,7-8,10,18H2,1H3. The second-order valence-corrected chi connectivity index (χ2v) is 6.11. The first-order valence-electron chi connectivity index (χ1n) is 6.87. The maximum absolute atomic E-state index is 5.90. The third-order valence-corrected chi connectivity index (χ3v) is 4.99. The third-order valence-electron chi connectivity index (χ3n) is 4.04. The Labute approximate surface area is 127 Å². The molecule has 3 rings (SSSR count). The maximum atomic E-state index is 5.90. The van der Waals surface area contributed by atoms with Crippen LogP contribution in [0.4, 0.5) is 11.5 Å². The van der Waals surface area contributed by atoms with Crippen LogP contribution in [-0.4, -0.2) is 18.1 Å². The maximum Gasteiger partial charge on any atom is 0.143 e. The van der Waals surface area contributed by atoms with Crippen LogP contribution < -0.4 is 10.6 Å². The van der Waals surface area contributed by atoms with Gasteiger partial charge >= 0.3 is 0 Å². The van der Waals surface area contributed by atoms with E-state index in [0.717, 1.165) is 34.6 Å². The number of nitrogens with two attached hydrogens (primary N) is 1. The highest BCUT2D eigenvalue weighted by atomic mass is 79.9. The van der Waals surface area contributed by atoms with Crippen molar-refractivity contribution in [2.24, 2.45) is 0 Å². The number of hydrogen-bond acceptors (Lipinski definition) is 3. The third kappa shape index (κ3) is 2.40. The molecule has 0 bridgehead atoms. The van der Waals surface area contributed by atoms with E-state index in [2.05, 4.69) is 56.1 Å². The molecule has 0 spiro atoms. The number of hydrogen-bond donors (Lipinski definition) is 1. The number of nitrogens with zero attached hydrogens (tertiary/aromatic N) is 2. The van der Waals surface area contributed by atoms with Crippen molar-refractivity contribution in [1.82, 2.24) is 4.98 Å². The first kappa shape index (κ1) is 13.4. The van der Waals surface area contributed by atoms with E-state index in [-0.39, 0.29) is 0 Å². The molecule has 20 heavy (non-hydrogen) atoms. The van der Waals surface area contributed by atoms with Crippen LogP contribution >= 0.6 is 15.9 Å². The van der Waals surface area contributed by atoms with Gasteiger partial charge in [-0.05, 0) is 40.4 Å². The van der Waals surface area contributed by atoms with Crippen LogP contribution in [0.25, 0.3) is 0 Å². The van der Waals surface area contributed by atoms with Gasteiger partial charge in [0, 0.05) is 19.0 Å². The van der Waals surface area contributed by atoms with Crippen LogP contribution in [0.15, 0.2) is 41.0 Å². The van der Waals surface area contributed by atoms with Gasteiger partial charge < -0.3 is 10.6 Å². The zero-order valence-corrected chi connectivity index (χ0v) is 13.1. The number of benzene rings is 1. The van der Waals surface area contributed by atoms with E-state index in [1.165, 1.54) is 12.0 Å². The minimum Gasteiger partial charge on any atom is -0.397 e. The Balaban J connectivity index is 1.83. The van der Waals surface area contributed by atoms with Gasteiger partial charge in [-0.15, -0.1) is 0 Å². The topological polar surface area (TPSA) is 42.1 Å². The van der Waals surface area contributed by atoms with Crippen LogP contribution in [0, 0.1) is 6.92 Å². The number of pyridine rings is 1. The van der Waals surface area contributed by atoms with Gasteiger partial charge in [-0.2, -0.15) is 0 Å². The SMILES string of the molecule is Cc1c(N)cnc(N2CCC(c3ccccc3)C2)c1Br. The molecule has 0 saturated carbocycles. The van der Waals surface area contributed by atoms with Crippen molar-refractivity contribution >= 4 is 27.4 Å². The summed E-state index contributed by atoms with van der Waals surface area (Å²) >= 11 is 3.63. The molecular formula is C16H18BrN3. The van der Waals surface area contributed by atoms with Crippen LogP contribution in [0.3, 0.4) is 0 Å². The van der Waals surface area contributed by atoms with Crippen molar-refractivity contribution in [1.29, 1.82) is 0 Å². The Kier molecular flexibility index (Phi) is 3.66. The summed E-state index contributed by atoms with van der Waals surface area (Å²) in [6, 6.07) is 10.7. The minimum absolute atomic E-state index is 0.586. The predicted octanol–water partition coefficient (Wildman–Crippen LogP) is 3.73. The Morgan fingerprint density at radius 3 is 2.80 bits per heavy atom. The molecule has 1 saturated heterocycles. The van der Waals surface area contributed by atoms with E-state index in [4.69, 9.17) is 5.73 Å². The normalized spacial score (nSPS) is 18.5. The van der Waals surface area contributed by atoms with Gasteiger partial charge in [0.25, 0.3) is 0 Å². The highest BCUT2D eigenvalue weighted by Crippen LogP contribution is 2.35. The Morgan fingerprint density at radius 2 is 2.05 bits per heavy atom. The fraction of sp³-hybridized carbons (Fsp3) is 0.312. The molecule has 1 aromatic heterocycles. The molecule has 4 heteroatoms. The molecule has 0 aliphatic carbocycles. The van der Waals surface area contributed by atoms with Crippen molar-refractivity contribution in [2.45, 2.75) is 19.3 Å². The number of halogens is 1. The predicted molar refractivity (Wildman–Crippen MR) is 87.1 cm³/mol. The fourth-order valence-corrected chi connectivity index (χ4v) is 3.33.